The summed E-state index contributed by atoms with van der Waals surface area (Å²) in [7, 11) is 0. The van der Waals surface area contributed by atoms with Gasteiger partial charge in [-0.3, -0.25) is 0 Å². The summed E-state index contributed by atoms with van der Waals surface area (Å²) in [5.41, 5.74) is 2.20. The Balaban J connectivity index is 1.64. The maximum Gasteiger partial charge on any atom is 0.255 e. The van der Waals surface area contributed by atoms with Gasteiger partial charge in [0, 0.05) is 42.5 Å². The average Bonchev–Trinajstić information content (AvgIpc) is 3.25. The van der Waals surface area contributed by atoms with E-state index < -0.39 is 0 Å². The Morgan fingerprint density at radius 2 is 2.14 bits per heavy atom. The lowest BCUT2D eigenvalue weighted by Gasteiger charge is -2.18. The van der Waals surface area contributed by atoms with Gasteiger partial charge in [0.2, 0.25) is 0 Å². The van der Waals surface area contributed by atoms with Crippen LogP contribution in [0.1, 0.15) is 50.0 Å². The largest absolute Gasteiger partial charge is 0.594 e. The number of anilines is 1. The number of aromatic nitrogens is 1. The highest BCUT2D eigenvalue weighted by Crippen LogP contribution is 2.40. The number of benzene rings is 1. The predicted molar refractivity (Wildman–Crippen MR) is 117 cm³/mol. The van der Waals surface area contributed by atoms with Gasteiger partial charge in [-0.05, 0) is 37.0 Å². The second-order valence-electron chi connectivity index (χ2n) is 7.19. The van der Waals surface area contributed by atoms with Gasteiger partial charge in [-0.25, -0.2) is 4.98 Å². The lowest BCUT2D eigenvalue weighted by molar-refractivity contribution is -0.441. The van der Waals surface area contributed by atoms with Crippen LogP contribution in [0.15, 0.2) is 53.9 Å². The number of nitrogens with zero attached hydrogens (tertiary/aromatic N) is 3. The Morgan fingerprint density at radius 1 is 1.28 bits per heavy atom. The molecule has 1 aromatic heterocycles. The molecule has 3 N–H and O–H groups in total. The lowest BCUT2D eigenvalue weighted by atomic mass is 9.90. The highest BCUT2D eigenvalue weighted by molar-refractivity contribution is 7.15. The first-order chi connectivity index (χ1) is 14.2. The number of nitrogens with one attached hydrogen (secondary N) is 3. The third kappa shape index (κ3) is 4.59. The molecule has 2 aliphatic rings. The van der Waals surface area contributed by atoms with Crippen LogP contribution in [0.2, 0.25) is 0 Å². The van der Waals surface area contributed by atoms with Crippen LogP contribution in [-0.2, 0) is 0 Å². The molecule has 8 heteroatoms. The fraction of sp³-hybridized carbons (Fsp3) is 0.381. The van der Waals surface area contributed by atoms with E-state index in [0.29, 0.717) is 18.2 Å². The molecule has 152 valence electrons. The van der Waals surface area contributed by atoms with Crippen LogP contribution >= 0.6 is 11.3 Å². The predicted octanol–water partition coefficient (Wildman–Crippen LogP) is 5.35. The first-order valence-electron chi connectivity index (χ1n) is 10.1. The number of hydrogen-bond donors (Lipinski definition) is 3. The maximum atomic E-state index is 12.6. The van der Waals surface area contributed by atoms with E-state index in [1.165, 1.54) is 37.1 Å². The Morgan fingerprint density at radius 3 is 2.90 bits per heavy atom. The molecule has 0 bridgehead atoms. The van der Waals surface area contributed by atoms with E-state index in [9.17, 15) is 5.21 Å². The van der Waals surface area contributed by atoms with Gasteiger partial charge in [0.1, 0.15) is 12.4 Å². The maximum absolute atomic E-state index is 12.6. The molecule has 0 unspecified atom stereocenters. The minimum Gasteiger partial charge on any atom is -0.594 e. The highest BCUT2D eigenvalue weighted by atomic mass is 32.1. The van der Waals surface area contributed by atoms with Crippen molar-refractivity contribution in [3.05, 3.63) is 59.0 Å². The van der Waals surface area contributed by atoms with Gasteiger partial charge in [-0.15, -0.1) is 11.3 Å². The monoisotopic (exact) mass is 410 g/mol. The molecule has 0 amide bonds. The van der Waals surface area contributed by atoms with E-state index in [1.54, 1.807) is 23.7 Å². The minimum absolute atomic E-state index is 0.429. The zero-order valence-corrected chi connectivity index (χ0v) is 17.3. The molecule has 2 heterocycles. The van der Waals surface area contributed by atoms with E-state index >= 15 is 0 Å². The van der Waals surface area contributed by atoms with E-state index in [2.05, 4.69) is 21.1 Å². The SMILES string of the molecule is CCN=[N+]([O-])c1cc(NC2=CNC=CN2)ccc1-c1cnc(C2CCCCC2)s1. The van der Waals surface area contributed by atoms with Gasteiger partial charge >= 0.3 is 0 Å². The van der Waals surface area contributed by atoms with E-state index in [0.717, 1.165) is 26.8 Å². The molecule has 29 heavy (non-hydrogen) atoms. The molecule has 1 aromatic carbocycles. The first kappa shape index (κ1) is 19.4. The van der Waals surface area contributed by atoms with Gasteiger partial charge in [0.25, 0.3) is 5.69 Å². The molecule has 2 aromatic rings. The highest BCUT2D eigenvalue weighted by Gasteiger charge is 2.22. The van der Waals surface area contributed by atoms with Crippen molar-refractivity contribution in [2.24, 2.45) is 5.11 Å². The Kier molecular flexibility index (Phi) is 6.09. The van der Waals surface area contributed by atoms with Gasteiger partial charge < -0.3 is 21.2 Å². The van der Waals surface area contributed by atoms with Crippen LogP contribution in [0.5, 0.6) is 0 Å². The first-order valence-corrected chi connectivity index (χ1v) is 11.0. The molecule has 1 fully saturated rings. The average molecular weight is 411 g/mol. The van der Waals surface area contributed by atoms with Crippen LogP contribution < -0.4 is 16.0 Å². The quantitative estimate of drug-likeness (QED) is 0.340. The fourth-order valence-electron chi connectivity index (χ4n) is 3.71. The molecular formula is C21H26N6OS. The molecular weight excluding hydrogens is 384 g/mol. The normalized spacial score (nSPS) is 17.4. The van der Waals surface area contributed by atoms with Crippen LogP contribution in [0.3, 0.4) is 0 Å². The van der Waals surface area contributed by atoms with E-state index in [4.69, 9.17) is 4.98 Å². The second-order valence-corrected chi connectivity index (χ2v) is 8.25. The topological polar surface area (TPSA) is 87.4 Å². The molecule has 0 radical (unpaired) electrons. The van der Waals surface area contributed by atoms with Crippen LogP contribution in [0.4, 0.5) is 11.4 Å². The van der Waals surface area contributed by atoms with Crippen LogP contribution in [0.25, 0.3) is 10.4 Å². The Labute approximate surface area is 174 Å². The molecule has 1 aliphatic heterocycles. The molecule has 1 aliphatic carbocycles. The molecule has 0 atom stereocenters. The van der Waals surface area contributed by atoms with Crippen molar-refractivity contribution in [2.45, 2.75) is 44.9 Å². The Bertz CT molecular complexity index is 942. The van der Waals surface area contributed by atoms with Gasteiger partial charge in [-0.1, -0.05) is 24.1 Å². The second kappa shape index (κ2) is 9.09. The summed E-state index contributed by atoms with van der Waals surface area (Å²) in [5, 5.41) is 27.3. The summed E-state index contributed by atoms with van der Waals surface area (Å²) in [6.07, 6.45) is 13.6. The van der Waals surface area contributed by atoms with Crippen molar-refractivity contribution in [1.29, 1.82) is 0 Å². The number of hydrogen-bond acceptors (Lipinski definition) is 7. The van der Waals surface area contributed by atoms with Gasteiger partial charge in [0.05, 0.1) is 15.4 Å². The van der Waals surface area contributed by atoms with Crippen molar-refractivity contribution in [3.63, 3.8) is 0 Å². The summed E-state index contributed by atoms with van der Waals surface area (Å²) >= 11 is 1.70. The van der Waals surface area contributed by atoms with Crippen molar-refractivity contribution in [3.8, 4) is 10.4 Å². The summed E-state index contributed by atoms with van der Waals surface area (Å²) in [6, 6.07) is 5.78. The number of azo groups is 1. The van der Waals surface area contributed by atoms with Crippen molar-refractivity contribution in [2.75, 3.05) is 11.9 Å². The summed E-state index contributed by atoms with van der Waals surface area (Å²) in [5.74, 6) is 1.36. The van der Waals surface area contributed by atoms with Crippen molar-refractivity contribution < 1.29 is 4.86 Å². The number of rotatable bonds is 6. The van der Waals surface area contributed by atoms with Crippen LogP contribution in [0, 0.1) is 5.21 Å². The minimum atomic E-state index is 0.429. The van der Waals surface area contributed by atoms with E-state index in [1.807, 2.05) is 37.5 Å². The standard InChI is InChI=1S/C21H26N6OS/c1-2-25-27(28)18-12-16(26-20-14-22-10-11-23-20)8-9-17(18)19-13-24-21(29-19)15-6-4-3-5-7-15/h8-15,22-23,26H,2-7H2,1H3. The molecule has 1 saturated carbocycles. The zero-order valence-electron chi connectivity index (χ0n) is 16.5. The molecule has 7 nitrogen and oxygen atoms in total. The third-order valence-electron chi connectivity index (χ3n) is 5.14. The summed E-state index contributed by atoms with van der Waals surface area (Å²) < 4.78 is 0. The number of thiazole rings is 1. The third-order valence-corrected chi connectivity index (χ3v) is 6.34. The van der Waals surface area contributed by atoms with Gasteiger partial charge in [-0.2, -0.15) is 0 Å². The van der Waals surface area contributed by atoms with Crippen molar-refractivity contribution >= 4 is 22.7 Å². The zero-order chi connectivity index (χ0) is 20.1. The summed E-state index contributed by atoms with van der Waals surface area (Å²) in [4.78, 5) is 6.43. The summed E-state index contributed by atoms with van der Waals surface area (Å²) in [6.45, 7) is 2.29. The van der Waals surface area contributed by atoms with E-state index in [-0.39, 0.29) is 0 Å². The van der Waals surface area contributed by atoms with Crippen molar-refractivity contribution in [1.82, 2.24) is 15.6 Å². The Hall–Kier alpha value is -2.87. The fourth-order valence-corrected chi connectivity index (χ4v) is 4.83. The molecule has 0 spiro atoms. The molecule has 0 saturated heterocycles. The smallest absolute Gasteiger partial charge is 0.255 e. The van der Waals surface area contributed by atoms with Gasteiger partial charge in [0.15, 0.2) is 0 Å². The lowest BCUT2D eigenvalue weighted by Crippen LogP contribution is -2.20. The molecule has 4 rings (SSSR count). The van der Waals surface area contributed by atoms with Crippen LogP contribution in [-0.4, -0.2) is 16.4 Å².